The number of hydrogen-bond donors (Lipinski definition) is 2. The lowest BCUT2D eigenvalue weighted by atomic mass is 10.1. The number of nitrogens with one attached hydrogen (secondary N) is 2. The van der Waals surface area contributed by atoms with E-state index in [1.807, 2.05) is 22.9 Å². The van der Waals surface area contributed by atoms with Gasteiger partial charge in [0.25, 0.3) is 0 Å². The summed E-state index contributed by atoms with van der Waals surface area (Å²) in [6.07, 6.45) is 9.52. The number of pyridine rings is 1. The third-order valence-electron chi connectivity index (χ3n) is 5.46. The van der Waals surface area contributed by atoms with Gasteiger partial charge >= 0.3 is 0 Å². The standard InChI is InChI=1S/C25H32N6O2.HI/c1-3-27-25(29-15-20-8-9-28-24(14-20)31-11-10-26-18-31)30-16-21-7-6-19(2)13-23(21)33-17-22-5-4-12-32-22;/h6-11,13-14,18,22H,3-5,12,15-17H2,1-2H3,(H2,27,29,30);1H. The van der Waals surface area contributed by atoms with Crippen LogP contribution < -0.4 is 15.4 Å². The van der Waals surface area contributed by atoms with E-state index in [2.05, 4.69) is 52.6 Å². The van der Waals surface area contributed by atoms with E-state index in [0.717, 1.165) is 54.6 Å². The van der Waals surface area contributed by atoms with Gasteiger partial charge in [-0.2, -0.15) is 0 Å². The van der Waals surface area contributed by atoms with E-state index < -0.39 is 0 Å². The van der Waals surface area contributed by atoms with Crippen LogP contribution in [-0.4, -0.2) is 46.4 Å². The van der Waals surface area contributed by atoms with Crippen molar-refractivity contribution >= 4 is 29.9 Å². The minimum absolute atomic E-state index is 0. The van der Waals surface area contributed by atoms with Gasteiger partial charge in [-0.1, -0.05) is 12.1 Å². The van der Waals surface area contributed by atoms with E-state index >= 15 is 0 Å². The molecule has 1 fully saturated rings. The van der Waals surface area contributed by atoms with Crippen molar-refractivity contribution in [1.29, 1.82) is 0 Å². The summed E-state index contributed by atoms with van der Waals surface area (Å²) in [6.45, 7) is 7.49. The summed E-state index contributed by atoms with van der Waals surface area (Å²) < 4.78 is 13.7. The average molecular weight is 576 g/mol. The molecule has 0 saturated carbocycles. The van der Waals surface area contributed by atoms with Crippen LogP contribution in [0.5, 0.6) is 5.75 Å². The first-order valence-corrected chi connectivity index (χ1v) is 11.5. The van der Waals surface area contributed by atoms with Gasteiger partial charge in [0.05, 0.1) is 12.6 Å². The summed E-state index contributed by atoms with van der Waals surface area (Å²) in [6, 6.07) is 10.3. The van der Waals surface area contributed by atoms with Gasteiger partial charge in [0.2, 0.25) is 0 Å². The lowest BCUT2D eigenvalue weighted by molar-refractivity contribution is 0.0676. The first-order valence-electron chi connectivity index (χ1n) is 11.5. The number of guanidine groups is 1. The molecular weight excluding hydrogens is 543 g/mol. The summed E-state index contributed by atoms with van der Waals surface area (Å²) >= 11 is 0. The largest absolute Gasteiger partial charge is 0.491 e. The number of nitrogens with zero attached hydrogens (tertiary/aromatic N) is 4. The van der Waals surface area contributed by atoms with Gasteiger partial charge in [-0.05, 0) is 56.0 Å². The monoisotopic (exact) mass is 576 g/mol. The number of aliphatic imine (C=N–C) groups is 1. The molecule has 1 aliphatic heterocycles. The first-order chi connectivity index (χ1) is 16.2. The van der Waals surface area contributed by atoms with Gasteiger partial charge in [0.15, 0.2) is 5.96 Å². The van der Waals surface area contributed by atoms with Crippen LogP contribution >= 0.6 is 24.0 Å². The van der Waals surface area contributed by atoms with Crippen molar-refractivity contribution in [2.45, 2.75) is 45.9 Å². The van der Waals surface area contributed by atoms with Crippen LogP contribution in [0.15, 0.2) is 60.2 Å². The van der Waals surface area contributed by atoms with Crippen LogP contribution in [-0.2, 0) is 17.8 Å². The SMILES string of the molecule is CCNC(=NCc1ccnc(-n2ccnc2)c1)NCc1ccc(C)cc1OCC1CCCO1.I. The molecule has 0 amide bonds. The fourth-order valence-corrected chi connectivity index (χ4v) is 3.69. The molecule has 1 unspecified atom stereocenters. The molecule has 3 aromatic rings. The second-order valence-corrected chi connectivity index (χ2v) is 8.10. The molecule has 1 atom stereocenters. The number of aromatic nitrogens is 3. The van der Waals surface area contributed by atoms with Crippen molar-refractivity contribution in [3.8, 4) is 11.6 Å². The van der Waals surface area contributed by atoms with Gasteiger partial charge in [0.1, 0.15) is 24.5 Å². The Morgan fingerprint density at radius 1 is 1.24 bits per heavy atom. The molecular formula is C25H33IN6O2. The zero-order chi connectivity index (χ0) is 22.9. The molecule has 3 heterocycles. The van der Waals surface area contributed by atoms with Gasteiger partial charge in [-0.15, -0.1) is 24.0 Å². The quantitative estimate of drug-likeness (QED) is 0.228. The third kappa shape index (κ3) is 7.42. The molecule has 182 valence electrons. The summed E-state index contributed by atoms with van der Waals surface area (Å²) in [4.78, 5) is 13.2. The fourth-order valence-electron chi connectivity index (χ4n) is 3.69. The zero-order valence-electron chi connectivity index (χ0n) is 19.7. The lowest BCUT2D eigenvalue weighted by Gasteiger charge is -2.17. The third-order valence-corrected chi connectivity index (χ3v) is 5.46. The van der Waals surface area contributed by atoms with Crippen molar-refractivity contribution in [2.24, 2.45) is 4.99 Å². The van der Waals surface area contributed by atoms with E-state index in [1.165, 1.54) is 5.56 Å². The summed E-state index contributed by atoms with van der Waals surface area (Å²) in [5.41, 5.74) is 3.34. The highest BCUT2D eigenvalue weighted by Gasteiger charge is 2.17. The number of benzene rings is 1. The predicted octanol–water partition coefficient (Wildman–Crippen LogP) is 4.01. The number of hydrogen-bond acceptors (Lipinski definition) is 5. The Morgan fingerprint density at radius 3 is 2.91 bits per heavy atom. The zero-order valence-corrected chi connectivity index (χ0v) is 22.1. The Morgan fingerprint density at radius 2 is 2.15 bits per heavy atom. The van der Waals surface area contributed by atoms with Crippen molar-refractivity contribution in [3.63, 3.8) is 0 Å². The highest BCUT2D eigenvalue weighted by molar-refractivity contribution is 14.0. The van der Waals surface area contributed by atoms with Crippen molar-refractivity contribution in [3.05, 3.63) is 71.9 Å². The molecule has 4 rings (SSSR count). The van der Waals surface area contributed by atoms with Crippen LogP contribution in [0.4, 0.5) is 0 Å². The summed E-state index contributed by atoms with van der Waals surface area (Å²) in [5, 5.41) is 6.75. The Hall–Kier alpha value is -2.66. The van der Waals surface area contributed by atoms with E-state index in [9.17, 15) is 0 Å². The molecule has 34 heavy (non-hydrogen) atoms. The molecule has 8 nitrogen and oxygen atoms in total. The van der Waals surface area contributed by atoms with Gasteiger partial charge in [-0.3, -0.25) is 4.57 Å². The van der Waals surface area contributed by atoms with Gasteiger partial charge in [-0.25, -0.2) is 15.0 Å². The second-order valence-electron chi connectivity index (χ2n) is 8.10. The molecule has 0 aliphatic carbocycles. The maximum absolute atomic E-state index is 6.13. The first kappa shape index (κ1) is 26.0. The molecule has 1 saturated heterocycles. The molecule has 2 N–H and O–H groups in total. The van der Waals surface area contributed by atoms with Gasteiger partial charge < -0.3 is 20.1 Å². The molecule has 2 aromatic heterocycles. The van der Waals surface area contributed by atoms with Crippen molar-refractivity contribution in [2.75, 3.05) is 19.8 Å². The molecule has 0 radical (unpaired) electrons. The average Bonchev–Trinajstić information content (AvgIpc) is 3.55. The lowest BCUT2D eigenvalue weighted by Crippen LogP contribution is -2.37. The Labute approximate surface area is 218 Å². The molecule has 0 spiro atoms. The smallest absolute Gasteiger partial charge is 0.191 e. The van der Waals surface area contributed by atoms with E-state index in [-0.39, 0.29) is 30.1 Å². The Kier molecular flexibility index (Phi) is 10.1. The van der Waals surface area contributed by atoms with E-state index in [0.29, 0.717) is 19.7 Å². The van der Waals surface area contributed by atoms with Gasteiger partial charge in [0, 0.05) is 43.9 Å². The maximum Gasteiger partial charge on any atom is 0.191 e. The normalized spacial score (nSPS) is 15.6. The Balaban J connectivity index is 0.00000324. The highest BCUT2D eigenvalue weighted by Crippen LogP contribution is 2.22. The summed E-state index contributed by atoms with van der Waals surface area (Å²) in [5.74, 6) is 2.47. The van der Waals surface area contributed by atoms with Crippen molar-refractivity contribution < 1.29 is 9.47 Å². The van der Waals surface area contributed by atoms with Crippen LogP contribution in [0.25, 0.3) is 5.82 Å². The molecule has 0 bridgehead atoms. The van der Waals surface area contributed by atoms with Crippen LogP contribution in [0.3, 0.4) is 0 Å². The van der Waals surface area contributed by atoms with Crippen LogP contribution in [0.2, 0.25) is 0 Å². The van der Waals surface area contributed by atoms with Crippen LogP contribution in [0.1, 0.15) is 36.5 Å². The fraction of sp³-hybridized carbons (Fsp3) is 0.400. The van der Waals surface area contributed by atoms with E-state index in [4.69, 9.17) is 14.5 Å². The highest BCUT2D eigenvalue weighted by atomic mass is 127. The van der Waals surface area contributed by atoms with Crippen molar-refractivity contribution in [1.82, 2.24) is 25.2 Å². The second kappa shape index (κ2) is 13.3. The topological polar surface area (TPSA) is 85.6 Å². The molecule has 9 heteroatoms. The number of ether oxygens (including phenoxy) is 2. The summed E-state index contributed by atoms with van der Waals surface area (Å²) in [7, 11) is 0. The predicted molar refractivity (Wildman–Crippen MR) is 144 cm³/mol. The molecule has 1 aromatic carbocycles. The number of aryl methyl sites for hydroxylation is 1. The molecule has 1 aliphatic rings. The minimum atomic E-state index is 0. The maximum atomic E-state index is 6.13. The number of rotatable bonds is 9. The number of halogens is 1. The van der Waals surface area contributed by atoms with E-state index in [1.54, 1.807) is 18.7 Å². The number of imidazole rings is 1. The minimum Gasteiger partial charge on any atom is -0.491 e. The van der Waals surface area contributed by atoms with Crippen LogP contribution in [0, 0.1) is 6.92 Å². The Bertz CT molecular complexity index is 1050.